The smallest absolute Gasteiger partial charge is 0.263 e. The summed E-state index contributed by atoms with van der Waals surface area (Å²) in [5.74, 6) is 1.32. The Labute approximate surface area is 234 Å². The van der Waals surface area contributed by atoms with Gasteiger partial charge in [0.2, 0.25) is 10.0 Å². The van der Waals surface area contributed by atoms with Gasteiger partial charge in [0, 0.05) is 0 Å². The molecule has 4 rings (SSSR count). The van der Waals surface area contributed by atoms with Gasteiger partial charge in [-0.1, -0.05) is 48.0 Å². The molecule has 0 aliphatic carbocycles. The van der Waals surface area contributed by atoms with E-state index in [-0.39, 0.29) is 0 Å². The molecule has 40 heavy (non-hydrogen) atoms. The Morgan fingerprint density at radius 2 is 1.48 bits per heavy atom. The van der Waals surface area contributed by atoms with Gasteiger partial charge >= 0.3 is 0 Å². The molecule has 1 N–H and O–H groups in total. The average Bonchev–Trinajstić information content (AvgIpc) is 2.94. The van der Waals surface area contributed by atoms with Crippen molar-refractivity contribution in [2.24, 2.45) is 5.10 Å². The number of ether oxygens (including phenoxy) is 2. The lowest BCUT2D eigenvalue weighted by Crippen LogP contribution is -2.46. The molecule has 0 bridgehead atoms. The van der Waals surface area contributed by atoms with Crippen LogP contribution in [0.15, 0.2) is 108 Å². The molecule has 0 radical (unpaired) electrons. The molecule has 0 aliphatic heterocycles. The van der Waals surface area contributed by atoms with Gasteiger partial charge in [0.05, 0.1) is 18.2 Å². The van der Waals surface area contributed by atoms with Crippen LogP contribution in [-0.4, -0.2) is 32.8 Å². The van der Waals surface area contributed by atoms with E-state index in [1.807, 2.05) is 85.8 Å². The third-order valence-electron chi connectivity index (χ3n) is 5.95. The molecule has 0 saturated carbocycles. The van der Waals surface area contributed by atoms with Crippen LogP contribution in [0.2, 0.25) is 0 Å². The summed E-state index contributed by atoms with van der Waals surface area (Å²) in [5, 5.41) is 4.01. The van der Waals surface area contributed by atoms with Gasteiger partial charge in [0.15, 0.2) is 0 Å². The second kappa shape index (κ2) is 12.9. The molecule has 1 atom stereocenters. The van der Waals surface area contributed by atoms with Gasteiger partial charge in [-0.2, -0.15) is 5.10 Å². The number of para-hydroxylation sites is 1. The van der Waals surface area contributed by atoms with Gasteiger partial charge in [0.1, 0.15) is 29.9 Å². The van der Waals surface area contributed by atoms with Crippen LogP contribution < -0.4 is 19.2 Å². The van der Waals surface area contributed by atoms with Crippen LogP contribution in [0.3, 0.4) is 0 Å². The standard InChI is InChI=1S/C31H31N3O5S/c1-23-9-11-26(12-10-23)22-38-28-17-13-25(14-18-28)21-32-33-31(35)24(2)34(40(3,36)37)27-15-19-30(20-16-27)39-29-7-5-4-6-8-29/h4-21,24H,22H2,1-3H3,(H,33,35)/b32-21-/t24-/m1/s1. The Morgan fingerprint density at radius 1 is 0.875 bits per heavy atom. The fourth-order valence-corrected chi connectivity index (χ4v) is 5.03. The van der Waals surface area contributed by atoms with Crippen molar-refractivity contribution in [3.05, 3.63) is 120 Å². The highest BCUT2D eigenvalue weighted by Gasteiger charge is 2.29. The molecule has 8 nitrogen and oxygen atoms in total. The monoisotopic (exact) mass is 557 g/mol. The molecule has 0 unspecified atom stereocenters. The minimum atomic E-state index is -3.78. The summed E-state index contributed by atoms with van der Waals surface area (Å²) in [6, 6.07) is 30.1. The molecule has 4 aromatic rings. The maximum Gasteiger partial charge on any atom is 0.263 e. The fraction of sp³-hybridized carbons (Fsp3) is 0.161. The number of carbonyl (C=O) groups excluding carboxylic acids is 1. The van der Waals surface area contributed by atoms with E-state index in [9.17, 15) is 13.2 Å². The first-order valence-corrected chi connectivity index (χ1v) is 14.5. The lowest BCUT2D eigenvalue weighted by Gasteiger charge is -2.27. The number of anilines is 1. The van der Waals surface area contributed by atoms with E-state index in [1.165, 1.54) is 18.7 Å². The summed E-state index contributed by atoms with van der Waals surface area (Å²) in [4.78, 5) is 12.8. The predicted octanol–water partition coefficient (Wildman–Crippen LogP) is 5.67. The number of hydrazone groups is 1. The Balaban J connectivity index is 1.34. The number of benzene rings is 4. The molecule has 4 aromatic carbocycles. The largest absolute Gasteiger partial charge is 0.489 e. The van der Waals surface area contributed by atoms with Crippen LogP contribution in [0.4, 0.5) is 5.69 Å². The Kier molecular flexibility index (Phi) is 9.19. The number of amides is 1. The predicted molar refractivity (Wildman–Crippen MR) is 157 cm³/mol. The highest BCUT2D eigenvalue weighted by Crippen LogP contribution is 2.27. The maximum absolute atomic E-state index is 12.8. The number of aryl methyl sites for hydroxylation is 1. The summed E-state index contributed by atoms with van der Waals surface area (Å²) in [7, 11) is -3.78. The lowest BCUT2D eigenvalue weighted by atomic mass is 10.2. The molecule has 1 amide bonds. The normalized spacial score (nSPS) is 12.1. The van der Waals surface area contributed by atoms with Crippen LogP contribution in [0, 0.1) is 6.92 Å². The summed E-state index contributed by atoms with van der Waals surface area (Å²) in [6.45, 7) is 4.00. The Morgan fingerprint density at radius 3 is 2.10 bits per heavy atom. The van der Waals surface area contributed by atoms with E-state index in [0.717, 1.165) is 21.7 Å². The number of hydrogen-bond donors (Lipinski definition) is 1. The summed E-state index contributed by atoms with van der Waals surface area (Å²) in [6.07, 6.45) is 2.53. The molecular formula is C31H31N3O5S. The van der Waals surface area contributed by atoms with Crippen molar-refractivity contribution in [2.75, 3.05) is 10.6 Å². The molecule has 0 fully saturated rings. The van der Waals surface area contributed by atoms with Gasteiger partial charge in [-0.25, -0.2) is 13.8 Å². The van der Waals surface area contributed by atoms with Crippen LogP contribution >= 0.6 is 0 Å². The SMILES string of the molecule is Cc1ccc(COc2ccc(/C=N\NC(=O)[C@@H](C)N(c3ccc(Oc4ccccc4)cc3)S(C)(=O)=O)cc2)cc1. The third-order valence-corrected chi connectivity index (χ3v) is 7.19. The second-order valence-corrected chi connectivity index (χ2v) is 11.1. The third kappa shape index (κ3) is 7.94. The van der Waals surface area contributed by atoms with Gasteiger partial charge in [-0.05, 0) is 85.6 Å². The zero-order chi connectivity index (χ0) is 28.5. The van der Waals surface area contributed by atoms with Gasteiger partial charge in [-0.15, -0.1) is 0 Å². The number of carbonyl (C=O) groups is 1. The highest BCUT2D eigenvalue weighted by atomic mass is 32.2. The first-order valence-electron chi connectivity index (χ1n) is 12.6. The van der Waals surface area contributed by atoms with Crippen molar-refractivity contribution in [3.63, 3.8) is 0 Å². The molecule has 9 heteroatoms. The zero-order valence-corrected chi connectivity index (χ0v) is 23.3. The minimum Gasteiger partial charge on any atom is -0.489 e. The van der Waals surface area contributed by atoms with E-state index >= 15 is 0 Å². The first-order chi connectivity index (χ1) is 19.2. The van der Waals surface area contributed by atoms with Crippen molar-refractivity contribution in [1.29, 1.82) is 0 Å². The van der Waals surface area contributed by atoms with Crippen molar-refractivity contribution in [3.8, 4) is 17.2 Å². The van der Waals surface area contributed by atoms with Crippen LogP contribution in [0.1, 0.15) is 23.6 Å². The molecule has 0 saturated heterocycles. The van der Waals surface area contributed by atoms with Gasteiger partial charge in [-0.3, -0.25) is 9.10 Å². The minimum absolute atomic E-state index is 0.329. The number of sulfonamides is 1. The van der Waals surface area contributed by atoms with Crippen molar-refractivity contribution in [1.82, 2.24) is 5.43 Å². The highest BCUT2D eigenvalue weighted by molar-refractivity contribution is 7.92. The van der Waals surface area contributed by atoms with Crippen molar-refractivity contribution < 1.29 is 22.7 Å². The molecule has 0 aromatic heterocycles. The van der Waals surface area contributed by atoms with Gasteiger partial charge < -0.3 is 9.47 Å². The molecule has 206 valence electrons. The van der Waals surface area contributed by atoms with Gasteiger partial charge in [0.25, 0.3) is 5.91 Å². The number of nitrogens with zero attached hydrogens (tertiary/aromatic N) is 2. The van der Waals surface area contributed by atoms with Crippen LogP contribution in [0.5, 0.6) is 17.2 Å². The van der Waals surface area contributed by atoms with Crippen LogP contribution in [0.25, 0.3) is 0 Å². The van der Waals surface area contributed by atoms with Crippen molar-refractivity contribution >= 4 is 27.8 Å². The Bertz CT molecular complexity index is 1540. The fourth-order valence-electron chi connectivity index (χ4n) is 3.86. The lowest BCUT2D eigenvalue weighted by molar-refractivity contribution is -0.121. The number of nitrogens with one attached hydrogen (secondary N) is 1. The zero-order valence-electron chi connectivity index (χ0n) is 22.5. The van der Waals surface area contributed by atoms with E-state index in [2.05, 4.69) is 10.5 Å². The first kappa shape index (κ1) is 28.4. The quantitative estimate of drug-likeness (QED) is 0.189. The Hall–Kier alpha value is -4.63. The van der Waals surface area contributed by atoms with E-state index in [4.69, 9.17) is 9.47 Å². The summed E-state index contributed by atoms with van der Waals surface area (Å²) >= 11 is 0. The number of hydrogen-bond acceptors (Lipinski definition) is 6. The van der Waals surface area contributed by atoms with E-state index in [0.29, 0.717) is 29.5 Å². The van der Waals surface area contributed by atoms with E-state index in [1.54, 1.807) is 24.3 Å². The van der Waals surface area contributed by atoms with Crippen molar-refractivity contribution in [2.45, 2.75) is 26.5 Å². The topological polar surface area (TPSA) is 97.3 Å². The van der Waals surface area contributed by atoms with Crippen LogP contribution in [-0.2, 0) is 21.4 Å². The molecular weight excluding hydrogens is 526 g/mol. The molecule has 0 aliphatic rings. The molecule has 0 heterocycles. The summed E-state index contributed by atoms with van der Waals surface area (Å²) in [5.41, 5.74) is 5.77. The van der Waals surface area contributed by atoms with E-state index < -0.39 is 22.0 Å². The summed E-state index contributed by atoms with van der Waals surface area (Å²) < 4.78 is 37.8. The average molecular weight is 558 g/mol. The maximum atomic E-state index is 12.8. The molecule has 0 spiro atoms. The second-order valence-electron chi connectivity index (χ2n) is 9.22. The number of rotatable bonds is 11.